The largest absolute Gasteiger partial charge is 0.497 e. The lowest BCUT2D eigenvalue weighted by molar-refractivity contribution is 0.415. The monoisotopic (exact) mass is 298 g/mol. The molecule has 114 valence electrons. The van der Waals surface area contributed by atoms with E-state index in [2.05, 4.69) is 5.10 Å². The summed E-state index contributed by atoms with van der Waals surface area (Å²) < 4.78 is 21.3. The summed E-state index contributed by atoms with van der Waals surface area (Å²) in [5.41, 5.74) is 3.41. The maximum atomic E-state index is 14.2. The van der Waals surface area contributed by atoms with Crippen molar-refractivity contribution >= 4 is 10.9 Å². The standard InChI is InChI=1S/C18H19FN2O/c1-11(2)21-18(13-6-8-14(22-4)9-7-13)16-12(3)5-10-15(19)17(16)20-21/h5-11H,1-4H3. The molecule has 0 N–H and O–H groups in total. The van der Waals surface area contributed by atoms with Crippen molar-refractivity contribution in [1.82, 2.24) is 9.78 Å². The fourth-order valence-electron chi connectivity index (χ4n) is 2.73. The molecule has 0 radical (unpaired) electrons. The number of ether oxygens (including phenoxy) is 1. The van der Waals surface area contributed by atoms with Gasteiger partial charge in [0, 0.05) is 17.0 Å². The average molecular weight is 298 g/mol. The van der Waals surface area contributed by atoms with Crippen LogP contribution in [0, 0.1) is 12.7 Å². The van der Waals surface area contributed by atoms with Gasteiger partial charge in [-0.25, -0.2) is 4.39 Å². The molecule has 0 bridgehead atoms. The minimum absolute atomic E-state index is 0.142. The van der Waals surface area contributed by atoms with E-state index in [-0.39, 0.29) is 11.9 Å². The lowest BCUT2D eigenvalue weighted by atomic mass is 10.0. The van der Waals surface area contributed by atoms with Crippen LogP contribution in [0.3, 0.4) is 0 Å². The second-order valence-corrected chi connectivity index (χ2v) is 5.70. The quantitative estimate of drug-likeness (QED) is 0.698. The van der Waals surface area contributed by atoms with Gasteiger partial charge >= 0.3 is 0 Å². The number of hydrogen-bond acceptors (Lipinski definition) is 2. The van der Waals surface area contributed by atoms with Crippen LogP contribution in [0.5, 0.6) is 5.75 Å². The Morgan fingerprint density at radius 2 is 1.77 bits per heavy atom. The minimum Gasteiger partial charge on any atom is -0.497 e. The number of methoxy groups -OCH3 is 1. The number of hydrogen-bond donors (Lipinski definition) is 0. The summed E-state index contributed by atoms with van der Waals surface area (Å²) in [6.07, 6.45) is 0. The van der Waals surface area contributed by atoms with Gasteiger partial charge < -0.3 is 4.74 Å². The zero-order chi connectivity index (χ0) is 15.9. The molecule has 0 unspecified atom stereocenters. The second kappa shape index (κ2) is 5.44. The van der Waals surface area contributed by atoms with Crippen LogP contribution in [0.25, 0.3) is 22.2 Å². The van der Waals surface area contributed by atoms with Gasteiger partial charge in [-0.05, 0) is 56.7 Å². The van der Waals surface area contributed by atoms with Gasteiger partial charge in [0.05, 0.1) is 12.8 Å². The third-order valence-electron chi connectivity index (χ3n) is 3.86. The third-order valence-corrected chi connectivity index (χ3v) is 3.86. The van der Waals surface area contributed by atoms with Crippen molar-refractivity contribution in [1.29, 1.82) is 0 Å². The normalized spacial score (nSPS) is 11.4. The number of halogens is 1. The zero-order valence-electron chi connectivity index (χ0n) is 13.2. The Hall–Kier alpha value is -2.36. The van der Waals surface area contributed by atoms with Crippen molar-refractivity contribution < 1.29 is 9.13 Å². The molecule has 0 saturated heterocycles. The number of aromatic nitrogens is 2. The zero-order valence-corrected chi connectivity index (χ0v) is 13.2. The first-order chi connectivity index (χ1) is 10.5. The smallest absolute Gasteiger partial charge is 0.151 e. The van der Waals surface area contributed by atoms with E-state index in [9.17, 15) is 4.39 Å². The van der Waals surface area contributed by atoms with Crippen molar-refractivity contribution in [2.75, 3.05) is 7.11 Å². The van der Waals surface area contributed by atoms with Crippen LogP contribution in [-0.4, -0.2) is 16.9 Å². The molecular formula is C18H19FN2O. The summed E-state index contributed by atoms with van der Waals surface area (Å²) in [6.45, 7) is 6.08. The Balaban J connectivity index is 2.34. The summed E-state index contributed by atoms with van der Waals surface area (Å²) in [4.78, 5) is 0. The lowest BCUT2D eigenvalue weighted by Crippen LogP contribution is -2.04. The maximum absolute atomic E-state index is 14.2. The van der Waals surface area contributed by atoms with Gasteiger partial charge in [-0.15, -0.1) is 0 Å². The molecule has 2 aromatic carbocycles. The van der Waals surface area contributed by atoms with Gasteiger partial charge in [0.25, 0.3) is 0 Å². The molecule has 3 nitrogen and oxygen atoms in total. The molecule has 0 saturated carbocycles. The van der Waals surface area contributed by atoms with E-state index in [0.717, 1.165) is 28.0 Å². The lowest BCUT2D eigenvalue weighted by Gasteiger charge is -2.12. The Bertz CT molecular complexity index is 819. The Labute approximate surface area is 129 Å². The second-order valence-electron chi connectivity index (χ2n) is 5.70. The van der Waals surface area contributed by atoms with Crippen molar-refractivity contribution in [3.8, 4) is 17.0 Å². The summed E-state index contributed by atoms with van der Waals surface area (Å²) in [7, 11) is 1.64. The molecule has 3 rings (SSSR count). The first kappa shape index (κ1) is 14.6. The highest BCUT2D eigenvalue weighted by atomic mass is 19.1. The molecule has 0 aliphatic heterocycles. The maximum Gasteiger partial charge on any atom is 0.151 e. The van der Waals surface area contributed by atoms with Crippen LogP contribution in [0.2, 0.25) is 0 Å². The van der Waals surface area contributed by atoms with Crippen molar-refractivity contribution in [3.05, 3.63) is 47.8 Å². The Kier molecular flexibility index (Phi) is 3.61. The summed E-state index contributed by atoms with van der Waals surface area (Å²) >= 11 is 0. The van der Waals surface area contributed by atoms with Crippen molar-refractivity contribution in [2.24, 2.45) is 0 Å². The molecule has 0 spiro atoms. The predicted molar refractivity (Wildman–Crippen MR) is 86.8 cm³/mol. The van der Waals surface area contributed by atoms with Gasteiger partial charge in [0.2, 0.25) is 0 Å². The topological polar surface area (TPSA) is 27.1 Å². The first-order valence-electron chi connectivity index (χ1n) is 7.34. The number of aryl methyl sites for hydroxylation is 1. The van der Waals surface area contributed by atoms with E-state index >= 15 is 0 Å². The summed E-state index contributed by atoms with van der Waals surface area (Å²) in [5, 5.41) is 5.38. The van der Waals surface area contributed by atoms with Gasteiger partial charge in [0.1, 0.15) is 11.3 Å². The number of rotatable bonds is 3. The Morgan fingerprint density at radius 1 is 1.09 bits per heavy atom. The van der Waals surface area contributed by atoms with E-state index in [1.807, 2.05) is 49.7 Å². The first-order valence-corrected chi connectivity index (χ1v) is 7.34. The summed E-state index contributed by atoms with van der Waals surface area (Å²) in [6, 6.07) is 11.2. The highest BCUT2D eigenvalue weighted by molar-refractivity contribution is 5.96. The SMILES string of the molecule is COc1ccc(-c2c3c(C)ccc(F)c3nn2C(C)C)cc1. The van der Waals surface area contributed by atoms with Gasteiger partial charge in [0.15, 0.2) is 5.82 Å². The average Bonchev–Trinajstić information content (AvgIpc) is 2.93. The van der Waals surface area contributed by atoms with E-state index in [0.29, 0.717) is 5.52 Å². The van der Waals surface area contributed by atoms with Crippen LogP contribution in [-0.2, 0) is 0 Å². The van der Waals surface area contributed by atoms with Crippen LogP contribution < -0.4 is 4.74 Å². The fourth-order valence-corrected chi connectivity index (χ4v) is 2.73. The van der Waals surface area contributed by atoms with E-state index in [1.54, 1.807) is 13.2 Å². The van der Waals surface area contributed by atoms with Crippen molar-refractivity contribution in [3.63, 3.8) is 0 Å². The molecule has 0 aliphatic carbocycles. The fraction of sp³-hybridized carbons (Fsp3) is 0.278. The molecule has 1 aromatic heterocycles. The minimum atomic E-state index is -0.283. The van der Waals surface area contributed by atoms with Gasteiger partial charge in [-0.2, -0.15) is 5.10 Å². The molecule has 3 aromatic rings. The molecule has 4 heteroatoms. The molecule has 0 fully saturated rings. The van der Waals surface area contributed by atoms with Gasteiger partial charge in [-0.3, -0.25) is 4.68 Å². The summed E-state index contributed by atoms with van der Waals surface area (Å²) in [5.74, 6) is 0.515. The highest BCUT2D eigenvalue weighted by Gasteiger charge is 2.19. The molecule has 1 heterocycles. The number of nitrogens with zero attached hydrogens (tertiary/aromatic N) is 2. The molecule has 22 heavy (non-hydrogen) atoms. The van der Waals surface area contributed by atoms with Crippen LogP contribution in [0.4, 0.5) is 4.39 Å². The third kappa shape index (κ3) is 2.25. The van der Waals surface area contributed by atoms with Crippen molar-refractivity contribution in [2.45, 2.75) is 26.8 Å². The van der Waals surface area contributed by atoms with E-state index < -0.39 is 0 Å². The van der Waals surface area contributed by atoms with Crippen LogP contribution in [0.1, 0.15) is 25.5 Å². The number of fused-ring (bicyclic) bond motifs is 1. The molecule has 0 aliphatic rings. The predicted octanol–water partition coefficient (Wildman–Crippen LogP) is 4.74. The van der Waals surface area contributed by atoms with E-state index in [1.165, 1.54) is 6.07 Å². The Morgan fingerprint density at radius 3 is 2.36 bits per heavy atom. The van der Waals surface area contributed by atoms with Crippen LogP contribution in [0.15, 0.2) is 36.4 Å². The van der Waals surface area contributed by atoms with Crippen LogP contribution >= 0.6 is 0 Å². The van der Waals surface area contributed by atoms with E-state index in [4.69, 9.17) is 4.74 Å². The van der Waals surface area contributed by atoms with Gasteiger partial charge in [-0.1, -0.05) is 6.07 Å². The highest BCUT2D eigenvalue weighted by Crippen LogP contribution is 2.35. The number of benzene rings is 2. The molecular weight excluding hydrogens is 279 g/mol. The molecule has 0 atom stereocenters. The molecule has 0 amide bonds.